The lowest BCUT2D eigenvalue weighted by Crippen LogP contribution is -2.50. The van der Waals surface area contributed by atoms with Gasteiger partial charge in [0.15, 0.2) is 5.82 Å². The number of nitrogens with one attached hydrogen (secondary N) is 1. The van der Waals surface area contributed by atoms with Crippen LogP contribution in [0.2, 0.25) is 0 Å². The molecule has 0 atom stereocenters. The molecule has 0 radical (unpaired) electrons. The Hall–Kier alpha value is -3.02. The molecule has 1 aliphatic rings. The number of rotatable bonds is 5. The number of pyridine rings is 2. The smallest absolute Gasteiger partial charge is 0.151 e. The molecule has 1 aliphatic heterocycles. The minimum absolute atomic E-state index is 0.621. The summed E-state index contributed by atoms with van der Waals surface area (Å²) in [5.74, 6) is 1.56. The first kappa shape index (κ1) is 15.5. The van der Waals surface area contributed by atoms with Gasteiger partial charge in [0.25, 0.3) is 0 Å². The van der Waals surface area contributed by atoms with Crippen molar-refractivity contribution in [2.75, 3.05) is 29.9 Å². The minimum atomic E-state index is 0.621. The maximum atomic E-state index is 4.37. The number of hydrogen-bond donors (Lipinski definition) is 1. The van der Waals surface area contributed by atoms with E-state index in [0.717, 1.165) is 48.1 Å². The average molecular weight is 332 g/mol. The second-order valence-corrected chi connectivity index (χ2v) is 6.35. The average Bonchev–Trinajstić information content (AvgIpc) is 2.62. The lowest BCUT2D eigenvalue weighted by atomic mass is 10.00. The van der Waals surface area contributed by atoms with E-state index in [9.17, 15) is 0 Å². The van der Waals surface area contributed by atoms with Crippen LogP contribution < -0.4 is 10.2 Å². The normalized spacial score (nSPS) is 14.2. The van der Waals surface area contributed by atoms with Crippen LogP contribution >= 0.6 is 0 Å². The molecule has 1 N–H and O–H groups in total. The Morgan fingerprint density at radius 1 is 1.04 bits per heavy atom. The molecule has 0 amide bonds. The fourth-order valence-electron chi connectivity index (χ4n) is 2.97. The van der Waals surface area contributed by atoms with E-state index >= 15 is 0 Å². The van der Waals surface area contributed by atoms with E-state index in [1.165, 1.54) is 0 Å². The van der Waals surface area contributed by atoms with Gasteiger partial charge >= 0.3 is 0 Å². The Balaban J connectivity index is 1.30. The van der Waals surface area contributed by atoms with Crippen molar-refractivity contribution >= 4 is 11.5 Å². The summed E-state index contributed by atoms with van der Waals surface area (Å²) in [4.78, 5) is 10.5. The van der Waals surface area contributed by atoms with Gasteiger partial charge in [0.2, 0.25) is 0 Å². The van der Waals surface area contributed by atoms with Crippen molar-refractivity contribution in [1.29, 1.82) is 0 Å². The van der Waals surface area contributed by atoms with Crippen LogP contribution in [-0.2, 0) is 0 Å². The minimum Gasteiger partial charge on any atom is -0.385 e. The predicted molar refractivity (Wildman–Crippen MR) is 98.4 cm³/mol. The SMILES string of the molecule is Cc1cc(NCC2CN(c3ccc(-c4ccncc4)nn3)C2)ccn1. The van der Waals surface area contributed by atoms with Crippen molar-refractivity contribution in [2.45, 2.75) is 6.92 Å². The molecular formula is C19H20N6. The number of aryl methyl sites for hydroxylation is 1. The lowest BCUT2D eigenvalue weighted by Gasteiger charge is -2.40. The maximum absolute atomic E-state index is 4.37. The van der Waals surface area contributed by atoms with Crippen LogP contribution in [0.15, 0.2) is 55.0 Å². The third kappa shape index (κ3) is 3.57. The molecule has 3 aromatic heterocycles. The number of nitrogens with zero attached hydrogens (tertiary/aromatic N) is 5. The molecule has 0 spiro atoms. The molecule has 3 aromatic rings. The molecule has 4 rings (SSSR count). The number of aromatic nitrogens is 4. The Morgan fingerprint density at radius 3 is 2.60 bits per heavy atom. The van der Waals surface area contributed by atoms with E-state index in [1.807, 2.05) is 43.5 Å². The fourth-order valence-corrected chi connectivity index (χ4v) is 2.97. The van der Waals surface area contributed by atoms with Crippen LogP contribution in [0, 0.1) is 12.8 Å². The topological polar surface area (TPSA) is 66.8 Å². The third-order valence-corrected chi connectivity index (χ3v) is 4.40. The van der Waals surface area contributed by atoms with Crippen LogP contribution in [0.5, 0.6) is 0 Å². The molecule has 1 fully saturated rings. The van der Waals surface area contributed by atoms with E-state index in [1.54, 1.807) is 12.4 Å². The van der Waals surface area contributed by atoms with Gasteiger partial charge < -0.3 is 10.2 Å². The van der Waals surface area contributed by atoms with Crippen LogP contribution in [0.4, 0.5) is 11.5 Å². The van der Waals surface area contributed by atoms with Crippen LogP contribution in [0.3, 0.4) is 0 Å². The summed E-state index contributed by atoms with van der Waals surface area (Å²) in [5.41, 5.74) is 4.07. The molecular weight excluding hydrogens is 312 g/mol. The molecule has 4 heterocycles. The van der Waals surface area contributed by atoms with Crippen molar-refractivity contribution < 1.29 is 0 Å². The maximum Gasteiger partial charge on any atom is 0.151 e. The van der Waals surface area contributed by atoms with Gasteiger partial charge in [-0.2, -0.15) is 0 Å². The molecule has 6 heteroatoms. The van der Waals surface area contributed by atoms with Gasteiger partial charge in [0, 0.05) is 61.1 Å². The quantitative estimate of drug-likeness (QED) is 0.775. The molecule has 0 saturated carbocycles. The van der Waals surface area contributed by atoms with Crippen LogP contribution in [0.1, 0.15) is 5.69 Å². The van der Waals surface area contributed by atoms with Gasteiger partial charge in [-0.15, -0.1) is 10.2 Å². The zero-order valence-corrected chi connectivity index (χ0v) is 14.1. The Morgan fingerprint density at radius 2 is 1.88 bits per heavy atom. The predicted octanol–water partition coefficient (Wildman–Crippen LogP) is 2.79. The van der Waals surface area contributed by atoms with E-state index in [-0.39, 0.29) is 0 Å². The van der Waals surface area contributed by atoms with Crippen LogP contribution in [0.25, 0.3) is 11.3 Å². The Labute approximate surface area is 147 Å². The van der Waals surface area contributed by atoms with Gasteiger partial charge in [-0.25, -0.2) is 0 Å². The first-order valence-corrected chi connectivity index (χ1v) is 8.43. The van der Waals surface area contributed by atoms with Crippen molar-refractivity contribution in [1.82, 2.24) is 20.2 Å². The van der Waals surface area contributed by atoms with E-state index in [4.69, 9.17) is 0 Å². The summed E-state index contributed by atoms with van der Waals surface area (Å²) >= 11 is 0. The van der Waals surface area contributed by atoms with Gasteiger partial charge in [-0.3, -0.25) is 9.97 Å². The highest BCUT2D eigenvalue weighted by Crippen LogP contribution is 2.24. The summed E-state index contributed by atoms with van der Waals surface area (Å²) in [6, 6.07) is 12.0. The zero-order valence-electron chi connectivity index (χ0n) is 14.1. The Bertz CT molecular complexity index is 828. The first-order chi connectivity index (χ1) is 12.3. The fraction of sp³-hybridized carbons (Fsp3) is 0.263. The van der Waals surface area contributed by atoms with Gasteiger partial charge in [-0.1, -0.05) is 0 Å². The van der Waals surface area contributed by atoms with Crippen LogP contribution in [-0.4, -0.2) is 39.8 Å². The van der Waals surface area contributed by atoms with Crippen molar-refractivity contribution in [2.24, 2.45) is 5.92 Å². The monoisotopic (exact) mass is 332 g/mol. The van der Waals surface area contributed by atoms with Crippen molar-refractivity contribution in [3.63, 3.8) is 0 Å². The molecule has 126 valence electrons. The summed E-state index contributed by atoms with van der Waals surface area (Å²) < 4.78 is 0. The highest BCUT2D eigenvalue weighted by Gasteiger charge is 2.27. The largest absolute Gasteiger partial charge is 0.385 e. The van der Waals surface area contributed by atoms with Gasteiger partial charge in [-0.05, 0) is 43.3 Å². The third-order valence-electron chi connectivity index (χ3n) is 4.40. The standard InChI is InChI=1S/C19H20N6/c1-14-10-17(6-9-21-14)22-11-15-12-25(13-15)19-3-2-18(23-24-19)16-4-7-20-8-5-16/h2-10,15H,11-13H2,1H3,(H,21,22). The molecule has 0 aromatic carbocycles. The highest BCUT2D eigenvalue weighted by molar-refractivity contribution is 5.59. The molecule has 6 nitrogen and oxygen atoms in total. The summed E-state index contributed by atoms with van der Waals surface area (Å²) in [6.45, 7) is 4.97. The zero-order chi connectivity index (χ0) is 17.1. The van der Waals surface area contributed by atoms with Crippen molar-refractivity contribution in [3.05, 3.63) is 60.7 Å². The molecule has 0 unspecified atom stereocenters. The summed E-state index contributed by atoms with van der Waals surface area (Å²) in [7, 11) is 0. The number of anilines is 2. The number of hydrogen-bond acceptors (Lipinski definition) is 6. The van der Waals surface area contributed by atoms with Crippen molar-refractivity contribution in [3.8, 4) is 11.3 Å². The lowest BCUT2D eigenvalue weighted by molar-refractivity contribution is 0.425. The summed E-state index contributed by atoms with van der Waals surface area (Å²) in [5, 5.41) is 12.2. The highest BCUT2D eigenvalue weighted by atomic mass is 15.3. The first-order valence-electron chi connectivity index (χ1n) is 8.43. The van der Waals surface area contributed by atoms with E-state index < -0.39 is 0 Å². The van der Waals surface area contributed by atoms with Gasteiger partial charge in [0.1, 0.15) is 0 Å². The molecule has 0 bridgehead atoms. The van der Waals surface area contributed by atoms with Gasteiger partial charge in [0.05, 0.1) is 5.69 Å². The molecule has 25 heavy (non-hydrogen) atoms. The second-order valence-electron chi connectivity index (χ2n) is 6.35. The summed E-state index contributed by atoms with van der Waals surface area (Å²) in [6.07, 6.45) is 5.37. The van der Waals surface area contributed by atoms with E-state index in [2.05, 4.69) is 36.4 Å². The Kier molecular flexibility index (Phi) is 4.24. The molecule has 0 aliphatic carbocycles. The van der Waals surface area contributed by atoms with E-state index in [0.29, 0.717) is 5.92 Å². The molecule has 1 saturated heterocycles. The second kappa shape index (κ2) is 6.84.